The van der Waals surface area contributed by atoms with Crippen molar-refractivity contribution in [1.29, 1.82) is 0 Å². The van der Waals surface area contributed by atoms with Gasteiger partial charge in [-0.1, -0.05) is 0 Å². The first-order chi connectivity index (χ1) is 6.65. The quantitative estimate of drug-likeness (QED) is 0.691. The van der Waals surface area contributed by atoms with Crippen molar-refractivity contribution in [2.24, 2.45) is 0 Å². The molecule has 76 valence electrons. The average molecular weight is 197 g/mol. The number of ether oxygens (including phenoxy) is 1. The van der Waals surface area contributed by atoms with Crippen LogP contribution in [0.25, 0.3) is 0 Å². The lowest BCUT2D eigenvalue weighted by atomic mass is 10.1. The van der Waals surface area contributed by atoms with E-state index in [0.717, 1.165) is 6.20 Å². The Morgan fingerprint density at radius 2 is 2.29 bits per heavy atom. The Hall–Kier alpha value is -1.45. The van der Waals surface area contributed by atoms with Gasteiger partial charge in [-0.15, -0.1) is 0 Å². The minimum Gasteiger partial charge on any atom is -0.466 e. The van der Waals surface area contributed by atoms with Gasteiger partial charge in [0.25, 0.3) is 0 Å². The Morgan fingerprint density at radius 1 is 1.57 bits per heavy atom. The highest BCUT2D eigenvalue weighted by atomic mass is 19.1. The van der Waals surface area contributed by atoms with Crippen molar-refractivity contribution < 1.29 is 13.9 Å². The molecule has 1 heterocycles. The van der Waals surface area contributed by atoms with E-state index >= 15 is 0 Å². The third-order valence-corrected chi connectivity index (χ3v) is 1.90. The summed E-state index contributed by atoms with van der Waals surface area (Å²) in [6.45, 7) is 3.68. The minimum atomic E-state index is -0.396. The van der Waals surface area contributed by atoms with Crippen LogP contribution in [0.2, 0.25) is 0 Å². The van der Waals surface area contributed by atoms with Gasteiger partial charge in [-0.3, -0.25) is 9.78 Å². The average Bonchev–Trinajstić information content (AvgIpc) is 2.13. The number of halogens is 1. The number of carbonyl (C=O) groups excluding carboxylic acids is 1. The number of rotatable bonds is 3. The highest BCUT2D eigenvalue weighted by Crippen LogP contribution is 2.11. The molecule has 0 amide bonds. The van der Waals surface area contributed by atoms with Crippen LogP contribution in [0.5, 0.6) is 0 Å². The van der Waals surface area contributed by atoms with Crippen LogP contribution in [-0.4, -0.2) is 17.6 Å². The van der Waals surface area contributed by atoms with Gasteiger partial charge in [0.2, 0.25) is 0 Å². The molecule has 0 N–H and O–H groups in total. The second-order valence-electron chi connectivity index (χ2n) is 2.89. The summed E-state index contributed by atoms with van der Waals surface area (Å²) in [5.41, 5.74) is 1.02. The fourth-order valence-corrected chi connectivity index (χ4v) is 1.09. The van der Waals surface area contributed by atoms with E-state index in [1.165, 1.54) is 6.20 Å². The van der Waals surface area contributed by atoms with E-state index in [1.807, 2.05) is 0 Å². The second-order valence-corrected chi connectivity index (χ2v) is 2.89. The highest BCUT2D eigenvalue weighted by Gasteiger charge is 2.09. The van der Waals surface area contributed by atoms with Crippen LogP contribution in [0.3, 0.4) is 0 Å². The van der Waals surface area contributed by atoms with Crippen molar-refractivity contribution in [2.45, 2.75) is 20.3 Å². The fraction of sp³-hybridized carbons (Fsp3) is 0.400. The molecular formula is C10H12FNO2. The van der Waals surface area contributed by atoms with Gasteiger partial charge < -0.3 is 4.74 Å². The SMILES string of the molecule is CCOC(=O)Cc1cncc(F)c1C. The van der Waals surface area contributed by atoms with E-state index in [9.17, 15) is 9.18 Å². The minimum absolute atomic E-state index is 0.0738. The molecule has 0 saturated heterocycles. The molecule has 0 aliphatic rings. The first-order valence-electron chi connectivity index (χ1n) is 4.39. The van der Waals surface area contributed by atoms with Gasteiger partial charge in [-0.05, 0) is 25.0 Å². The zero-order valence-corrected chi connectivity index (χ0v) is 8.21. The number of hydrogen-bond acceptors (Lipinski definition) is 3. The van der Waals surface area contributed by atoms with Crippen molar-refractivity contribution in [3.05, 3.63) is 29.3 Å². The van der Waals surface area contributed by atoms with Crippen LogP contribution in [0.1, 0.15) is 18.1 Å². The van der Waals surface area contributed by atoms with E-state index < -0.39 is 5.82 Å². The molecule has 0 fully saturated rings. The van der Waals surface area contributed by atoms with E-state index in [1.54, 1.807) is 13.8 Å². The molecule has 1 rings (SSSR count). The summed E-state index contributed by atoms with van der Waals surface area (Å²) < 4.78 is 17.8. The first-order valence-corrected chi connectivity index (χ1v) is 4.39. The molecule has 0 aliphatic carbocycles. The lowest BCUT2D eigenvalue weighted by Gasteiger charge is -2.05. The summed E-state index contributed by atoms with van der Waals surface area (Å²) in [5, 5.41) is 0. The molecule has 14 heavy (non-hydrogen) atoms. The van der Waals surface area contributed by atoms with Gasteiger partial charge in [0.1, 0.15) is 5.82 Å². The predicted molar refractivity (Wildman–Crippen MR) is 49.3 cm³/mol. The van der Waals surface area contributed by atoms with Crippen LogP contribution in [0, 0.1) is 12.7 Å². The smallest absolute Gasteiger partial charge is 0.310 e. The summed E-state index contributed by atoms with van der Waals surface area (Å²) in [6.07, 6.45) is 2.68. The highest BCUT2D eigenvalue weighted by molar-refractivity contribution is 5.72. The molecular weight excluding hydrogens is 185 g/mol. The molecule has 0 radical (unpaired) electrons. The zero-order chi connectivity index (χ0) is 10.6. The monoisotopic (exact) mass is 197 g/mol. The third-order valence-electron chi connectivity index (χ3n) is 1.90. The Bertz CT molecular complexity index is 339. The van der Waals surface area contributed by atoms with Crippen LogP contribution in [0.15, 0.2) is 12.4 Å². The number of pyridine rings is 1. The molecule has 4 heteroatoms. The molecule has 1 aromatic heterocycles. The fourth-order valence-electron chi connectivity index (χ4n) is 1.09. The van der Waals surface area contributed by atoms with E-state index in [2.05, 4.69) is 4.98 Å². The number of esters is 1. The Balaban J connectivity index is 2.76. The molecule has 0 saturated carbocycles. The summed E-state index contributed by atoms with van der Waals surface area (Å²) in [4.78, 5) is 14.8. The van der Waals surface area contributed by atoms with E-state index in [-0.39, 0.29) is 12.4 Å². The van der Waals surface area contributed by atoms with Crippen LogP contribution < -0.4 is 0 Å². The lowest BCUT2D eigenvalue weighted by Crippen LogP contribution is -2.09. The molecule has 0 spiro atoms. The number of nitrogens with zero attached hydrogens (tertiary/aromatic N) is 1. The number of hydrogen-bond donors (Lipinski definition) is 0. The Kier molecular flexibility index (Phi) is 3.56. The molecule has 0 unspecified atom stereocenters. The van der Waals surface area contributed by atoms with E-state index in [4.69, 9.17) is 4.74 Å². The van der Waals surface area contributed by atoms with Gasteiger partial charge in [-0.25, -0.2) is 4.39 Å². The van der Waals surface area contributed by atoms with Crippen molar-refractivity contribution in [1.82, 2.24) is 4.98 Å². The molecule has 0 atom stereocenters. The summed E-state index contributed by atoms with van der Waals surface area (Å²) in [6, 6.07) is 0. The number of aromatic nitrogens is 1. The van der Waals surface area contributed by atoms with Crippen LogP contribution in [-0.2, 0) is 16.0 Å². The number of carbonyl (C=O) groups is 1. The summed E-state index contributed by atoms with van der Waals surface area (Å²) in [7, 11) is 0. The first kappa shape index (κ1) is 10.6. The molecule has 0 bridgehead atoms. The van der Waals surface area contributed by atoms with Crippen LogP contribution >= 0.6 is 0 Å². The van der Waals surface area contributed by atoms with E-state index in [0.29, 0.717) is 17.7 Å². The largest absolute Gasteiger partial charge is 0.466 e. The van der Waals surface area contributed by atoms with Crippen molar-refractivity contribution >= 4 is 5.97 Å². The molecule has 1 aromatic rings. The van der Waals surface area contributed by atoms with Crippen molar-refractivity contribution in [2.75, 3.05) is 6.61 Å². The van der Waals surface area contributed by atoms with Gasteiger partial charge >= 0.3 is 5.97 Å². The van der Waals surface area contributed by atoms with Gasteiger partial charge in [-0.2, -0.15) is 0 Å². The maximum atomic E-state index is 13.0. The van der Waals surface area contributed by atoms with Gasteiger partial charge in [0, 0.05) is 6.20 Å². The maximum absolute atomic E-state index is 13.0. The standard InChI is InChI=1S/C10H12FNO2/c1-3-14-10(13)4-8-5-12-6-9(11)7(8)2/h5-6H,3-4H2,1-2H3. The Labute approximate surface area is 81.9 Å². The normalized spacial score (nSPS) is 9.93. The molecule has 0 aromatic carbocycles. The summed E-state index contributed by atoms with van der Waals surface area (Å²) >= 11 is 0. The van der Waals surface area contributed by atoms with Crippen LogP contribution in [0.4, 0.5) is 4.39 Å². The Morgan fingerprint density at radius 3 is 2.93 bits per heavy atom. The predicted octanol–water partition coefficient (Wildman–Crippen LogP) is 1.63. The lowest BCUT2D eigenvalue weighted by molar-refractivity contribution is -0.142. The third kappa shape index (κ3) is 2.52. The molecule has 3 nitrogen and oxygen atoms in total. The van der Waals surface area contributed by atoms with Gasteiger partial charge in [0.05, 0.1) is 19.2 Å². The maximum Gasteiger partial charge on any atom is 0.310 e. The zero-order valence-electron chi connectivity index (χ0n) is 8.21. The van der Waals surface area contributed by atoms with Crippen molar-refractivity contribution in [3.8, 4) is 0 Å². The summed E-state index contributed by atoms with van der Waals surface area (Å²) in [5.74, 6) is -0.755. The van der Waals surface area contributed by atoms with Crippen molar-refractivity contribution in [3.63, 3.8) is 0 Å². The van der Waals surface area contributed by atoms with Gasteiger partial charge in [0.15, 0.2) is 0 Å². The molecule has 0 aliphatic heterocycles. The second kappa shape index (κ2) is 4.69. The topological polar surface area (TPSA) is 39.2 Å².